The summed E-state index contributed by atoms with van der Waals surface area (Å²) in [6.45, 7) is 0. The average molecular weight is 256 g/mol. The van der Waals surface area contributed by atoms with Gasteiger partial charge in [0.05, 0.1) is 0 Å². The van der Waals surface area contributed by atoms with E-state index in [4.69, 9.17) is 0 Å². The largest absolute Gasteiger partial charge is 0.503 e. The molecule has 0 saturated heterocycles. The molecular formula is C15H12O2S. The van der Waals surface area contributed by atoms with Crippen LogP contribution in [-0.2, 0) is 23.7 Å². The summed E-state index contributed by atoms with van der Waals surface area (Å²) in [6.07, 6.45) is 1.79. The van der Waals surface area contributed by atoms with Crippen molar-refractivity contribution in [2.24, 2.45) is 0 Å². The third-order valence-electron chi connectivity index (χ3n) is 3.22. The highest BCUT2D eigenvalue weighted by Crippen LogP contribution is 2.33. The van der Waals surface area contributed by atoms with Crippen LogP contribution in [0.5, 0.6) is 0 Å². The molecule has 3 rings (SSSR count). The molecule has 0 aromatic heterocycles. The van der Waals surface area contributed by atoms with Crippen LogP contribution in [0.4, 0.5) is 4.79 Å². The molecule has 0 atom stereocenters. The highest BCUT2D eigenvalue weighted by Gasteiger charge is 2.34. The molecule has 2 aromatic rings. The molecule has 0 N–H and O–H groups in total. The first-order chi connectivity index (χ1) is 8.77. The Balaban J connectivity index is 2.24. The van der Waals surface area contributed by atoms with E-state index in [1.54, 1.807) is 0 Å². The molecule has 0 bridgehead atoms. The van der Waals surface area contributed by atoms with Gasteiger partial charge in [-0.3, -0.25) is 0 Å². The molecule has 1 aliphatic rings. The van der Waals surface area contributed by atoms with Crippen LogP contribution in [0.2, 0.25) is 0 Å². The van der Waals surface area contributed by atoms with E-state index in [1.165, 1.54) is 0 Å². The van der Waals surface area contributed by atoms with Gasteiger partial charge in [-0.15, -0.1) is 0 Å². The fourth-order valence-electron chi connectivity index (χ4n) is 2.39. The van der Waals surface area contributed by atoms with Crippen LogP contribution in [-0.4, -0.2) is 5.30 Å². The Morgan fingerprint density at radius 1 is 0.889 bits per heavy atom. The van der Waals surface area contributed by atoms with Crippen LogP contribution in [0.15, 0.2) is 58.3 Å². The quantitative estimate of drug-likeness (QED) is 0.678. The highest BCUT2D eigenvalue weighted by molar-refractivity contribution is 8.10. The number of hydrogen-bond donors (Lipinski definition) is 0. The summed E-state index contributed by atoms with van der Waals surface area (Å²) >= 11 is 0. The van der Waals surface area contributed by atoms with Crippen molar-refractivity contribution in [2.75, 3.05) is 0 Å². The summed E-state index contributed by atoms with van der Waals surface area (Å²) in [5.74, 6) is 0. The Kier molecular flexibility index (Phi) is 2.84. The molecule has 0 unspecified atom stereocenters. The van der Waals surface area contributed by atoms with Gasteiger partial charge in [0.25, 0.3) is 5.30 Å². The van der Waals surface area contributed by atoms with Gasteiger partial charge in [0, 0.05) is 11.1 Å². The zero-order valence-electron chi connectivity index (χ0n) is 9.76. The number of fused-ring (bicyclic) bond motifs is 2. The number of benzene rings is 2. The van der Waals surface area contributed by atoms with Crippen LogP contribution >= 0.6 is 0 Å². The normalized spacial score (nSPS) is 14.4. The van der Waals surface area contributed by atoms with Crippen LogP contribution in [0, 0.1) is 0 Å². The van der Waals surface area contributed by atoms with E-state index in [-0.39, 0.29) is 0 Å². The van der Waals surface area contributed by atoms with Crippen molar-refractivity contribution >= 4 is 16.2 Å². The minimum Gasteiger partial charge on any atom is -0.503 e. The van der Waals surface area contributed by atoms with Crippen LogP contribution in [0.25, 0.3) is 0 Å². The van der Waals surface area contributed by atoms with Gasteiger partial charge in [-0.25, -0.2) is 0 Å². The highest BCUT2D eigenvalue weighted by atomic mass is 32.2. The molecule has 3 heteroatoms. The van der Waals surface area contributed by atoms with E-state index < -0.39 is 16.2 Å². The van der Waals surface area contributed by atoms with Crippen LogP contribution in [0.1, 0.15) is 11.1 Å². The molecule has 0 saturated carbocycles. The SMILES string of the molecule is O=C([O-])[S+]1c2ccccc2CCc2ccccc21. The molecular weight excluding hydrogens is 244 g/mol. The van der Waals surface area contributed by atoms with Gasteiger partial charge in [0.1, 0.15) is 10.9 Å². The van der Waals surface area contributed by atoms with E-state index in [0.29, 0.717) is 0 Å². The maximum absolute atomic E-state index is 11.5. The zero-order valence-corrected chi connectivity index (χ0v) is 10.6. The fourth-order valence-corrected chi connectivity index (χ4v) is 4.28. The number of carbonyl (C=O) groups excluding carboxylic acids is 1. The standard InChI is InChI=1S/C15H12O2S/c16-15(17)18-13-7-3-1-5-11(13)9-10-12-6-2-4-8-14(12)18/h1-8H,9-10H2. The molecule has 0 spiro atoms. The fraction of sp³-hybridized carbons (Fsp3) is 0.133. The van der Waals surface area contributed by atoms with Crippen molar-refractivity contribution in [1.29, 1.82) is 0 Å². The summed E-state index contributed by atoms with van der Waals surface area (Å²) in [7, 11) is -0.958. The Morgan fingerprint density at radius 2 is 1.33 bits per heavy atom. The summed E-state index contributed by atoms with van der Waals surface area (Å²) in [4.78, 5) is 13.3. The molecule has 1 aliphatic heterocycles. The van der Waals surface area contributed by atoms with Crippen LogP contribution in [0.3, 0.4) is 0 Å². The second kappa shape index (κ2) is 4.50. The number of aryl methyl sites for hydroxylation is 2. The van der Waals surface area contributed by atoms with E-state index in [0.717, 1.165) is 33.8 Å². The Bertz CT molecular complexity index is 559. The van der Waals surface area contributed by atoms with Gasteiger partial charge in [0.2, 0.25) is 0 Å². The first-order valence-corrected chi connectivity index (χ1v) is 7.11. The predicted octanol–water partition coefficient (Wildman–Crippen LogP) is 2.16. The van der Waals surface area contributed by atoms with Crippen molar-refractivity contribution < 1.29 is 9.90 Å². The van der Waals surface area contributed by atoms with Gasteiger partial charge in [-0.05, 0) is 25.0 Å². The molecule has 0 fully saturated rings. The summed E-state index contributed by atoms with van der Waals surface area (Å²) in [5, 5.41) is 10.5. The molecule has 1 heterocycles. The lowest BCUT2D eigenvalue weighted by molar-refractivity contribution is -0.233. The third kappa shape index (κ3) is 1.81. The Hall–Kier alpha value is -1.74. The van der Waals surface area contributed by atoms with E-state index in [2.05, 4.69) is 0 Å². The van der Waals surface area contributed by atoms with Crippen molar-refractivity contribution in [1.82, 2.24) is 0 Å². The lowest BCUT2D eigenvalue weighted by atomic mass is 10.0. The minimum atomic E-state index is -0.989. The van der Waals surface area contributed by atoms with Gasteiger partial charge < -0.3 is 9.90 Å². The molecule has 18 heavy (non-hydrogen) atoms. The molecule has 0 radical (unpaired) electrons. The van der Waals surface area contributed by atoms with Gasteiger partial charge >= 0.3 is 0 Å². The average Bonchev–Trinajstić information content (AvgIpc) is 2.55. The minimum absolute atomic E-state index is 0.893. The van der Waals surface area contributed by atoms with E-state index >= 15 is 0 Å². The van der Waals surface area contributed by atoms with Crippen molar-refractivity contribution in [3.63, 3.8) is 0 Å². The second-order valence-corrected chi connectivity index (χ2v) is 6.10. The smallest absolute Gasteiger partial charge is 0.285 e. The monoisotopic (exact) mass is 256 g/mol. The zero-order chi connectivity index (χ0) is 12.5. The van der Waals surface area contributed by atoms with Gasteiger partial charge in [-0.1, -0.05) is 36.4 Å². The van der Waals surface area contributed by atoms with Crippen molar-refractivity contribution in [3.8, 4) is 0 Å². The maximum atomic E-state index is 11.5. The molecule has 90 valence electrons. The topological polar surface area (TPSA) is 40.1 Å². The number of carbonyl (C=O) groups is 1. The lowest BCUT2D eigenvalue weighted by Gasteiger charge is -2.09. The number of carboxylic acid groups (broad SMARTS) is 1. The van der Waals surface area contributed by atoms with Crippen molar-refractivity contribution in [3.05, 3.63) is 59.7 Å². The van der Waals surface area contributed by atoms with Gasteiger partial charge in [0.15, 0.2) is 9.79 Å². The Labute approximate surface area is 109 Å². The first-order valence-electron chi connectivity index (χ1n) is 5.88. The van der Waals surface area contributed by atoms with Crippen LogP contribution < -0.4 is 5.11 Å². The predicted molar refractivity (Wildman–Crippen MR) is 69.6 cm³/mol. The van der Waals surface area contributed by atoms with Crippen molar-refractivity contribution in [2.45, 2.75) is 22.6 Å². The maximum Gasteiger partial charge on any atom is 0.285 e. The summed E-state index contributed by atoms with van der Waals surface area (Å²) < 4.78 is 0. The molecule has 2 nitrogen and oxygen atoms in total. The summed E-state index contributed by atoms with van der Waals surface area (Å²) in [5.41, 5.74) is 2.25. The lowest BCUT2D eigenvalue weighted by Crippen LogP contribution is -2.31. The molecule has 0 amide bonds. The second-order valence-electron chi connectivity index (χ2n) is 4.27. The molecule has 2 aromatic carbocycles. The number of rotatable bonds is 0. The number of hydrogen-bond acceptors (Lipinski definition) is 2. The third-order valence-corrected chi connectivity index (χ3v) is 5.22. The molecule has 0 aliphatic carbocycles. The summed E-state index contributed by atoms with van der Waals surface area (Å²) in [6, 6.07) is 15.6. The van der Waals surface area contributed by atoms with Gasteiger partial charge in [-0.2, -0.15) is 0 Å². The van der Waals surface area contributed by atoms with E-state index in [1.807, 2.05) is 48.5 Å². The van der Waals surface area contributed by atoms with E-state index in [9.17, 15) is 9.90 Å². The first kappa shape index (κ1) is 11.4. The Morgan fingerprint density at radius 3 is 1.78 bits per heavy atom.